The lowest BCUT2D eigenvalue weighted by Crippen LogP contribution is -2.63. The van der Waals surface area contributed by atoms with Gasteiger partial charge in [0.25, 0.3) is 0 Å². The summed E-state index contributed by atoms with van der Waals surface area (Å²) in [7, 11) is 0. The number of nitrogens with two attached hydrogens (primary N) is 1. The zero-order valence-corrected chi connectivity index (χ0v) is 23.5. The molecule has 2 fully saturated rings. The lowest BCUT2D eigenvalue weighted by atomic mass is 10.1. The van der Waals surface area contributed by atoms with E-state index in [0.717, 1.165) is 48.1 Å². The molecule has 12 nitrogen and oxygen atoms in total. The summed E-state index contributed by atoms with van der Waals surface area (Å²) >= 11 is 0. The number of piperazine rings is 1. The first-order valence-corrected chi connectivity index (χ1v) is 14.4. The van der Waals surface area contributed by atoms with E-state index in [1.54, 1.807) is 11.2 Å². The van der Waals surface area contributed by atoms with Gasteiger partial charge >= 0.3 is 6.09 Å². The van der Waals surface area contributed by atoms with Crippen LogP contribution in [-0.2, 0) is 32.3 Å². The van der Waals surface area contributed by atoms with Gasteiger partial charge in [-0.15, -0.1) is 0 Å². The molecular formula is C30H37N7O5. The van der Waals surface area contributed by atoms with E-state index in [9.17, 15) is 19.2 Å². The standard InChI is InChI=1S/C30H37N7O5/c31-23(9-11-27(38)35-12-4-5-13-35)29(40)37-15-14-36(30(41)42-19-21-6-2-1-3-7-21)18-26(37)28(39)32-17-22-8-10-24-25(16-22)34-20-33-24/h1-3,6-8,10,16,20,23,26H,4-5,9,11-15,17-19,31H2,(H,32,39)(H,33,34)/t23-,26+/m1/s1. The smallest absolute Gasteiger partial charge is 0.410 e. The summed E-state index contributed by atoms with van der Waals surface area (Å²) < 4.78 is 5.49. The largest absolute Gasteiger partial charge is 0.445 e. The van der Waals surface area contributed by atoms with Crippen LogP contribution in [0.1, 0.15) is 36.8 Å². The number of carbonyl (C=O) groups is 4. The second-order valence-corrected chi connectivity index (χ2v) is 10.7. The number of aromatic nitrogens is 2. The Balaban J connectivity index is 1.23. The number of rotatable bonds is 9. The fourth-order valence-corrected chi connectivity index (χ4v) is 5.38. The molecule has 5 rings (SSSR count). The minimum atomic E-state index is -0.968. The molecule has 0 spiro atoms. The maximum atomic E-state index is 13.5. The molecule has 2 aliphatic rings. The normalized spacial score (nSPS) is 17.7. The van der Waals surface area contributed by atoms with Crippen LogP contribution in [0, 0.1) is 0 Å². The lowest BCUT2D eigenvalue weighted by molar-refractivity contribution is -0.145. The van der Waals surface area contributed by atoms with E-state index in [2.05, 4.69) is 15.3 Å². The van der Waals surface area contributed by atoms with Crippen LogP contribution in [0.2, 0.25) is 0 Å². The summed E-state index contributed by atoms with van der Waals surface area (Å²) in [6.07, 6.45) is 3.37. The summed E-state index contributed by atoms with van der Waals surface area (Å²) in [5, 5.41) is 2.90. The Bertz CT molecular complexity index is 1410. The molecule has 4 N–H and O–H groups in total. The molecule has 0 bridgehead atoms. The number of nitrogens with zero attached hydrogens (tertiary/aromatic N) is 4. The molecule has 222 valence electrons. The van der Waals surface area contributed by atoms with Gasteiger partial charge in [0.1, 0.15) is 12.6 Å². The Morgan fingerprint density at radius 1 is 1.00 bits per heavy atom. The summed E-state index contributed by atoms with van der Waals surface area (Å²) in [6, 6.07) is 13.0. The van der Waals surface area contributed by atoms with Crippen LogP contribution in [0.3, 0.4) is 0 Å². The maximum absolute atomic E-state index is 13.5. The number of fused-ring (bicyclic) bond motifs is 1. The van der Waals surface area contributed by atoms with E-state index in [1.165, 1.54) is 9.80 Å². The molecular weight excluding hydrogens is 538 g/mol. The number of ether oxygens (including phenoxy) is 1. The SMILES string of the molecule is N[C@H](CCC(=O)N1CCCC1)C(=O)N1CCN(C(=O)OCc2ccccc2)C[C@H]1C(=O)NCc1ccc2[nH]cnc2c1. The monoisotopic (exact) mass is 575 g/mol. The van der Waals surface area contributed by atoms with Crippen LogP contribution in [0.5, 0.6) is 0 Å². The topological polar surface area (TPSA) is 154 Å². The van der Waals surface area contributed by atoms with E-state index >= 15 is 0 Å². The van der Waals surface area contributed by atoms with Crippen molar-refractivity contribution in [2.75, 3.05) is 32.7 Å². The average molecular weight is 576 g/mol. The van der Waals surface area contributed by atoms with Gasteiger partial charge in [0.15, 0.2) is 0 Å². The van der Waals surface area contributed by atoms with Crippen molar-refractivity contribution >= 4 is 34.8 Å². The minimum Gasteiger partial charge on any atom is -0.445 e. The molecule has 2 aliphatic heterocycles. The van der Waals surface area contributed by atoms with Gasteiger partial charge in [-0.3, -0.25) is 14.4 Å². The molecule has 0 unspecified atom stereocenters. The van der Waals surface area contributed by atoms with Gasteiger partial charge in [-0.2, -0.15) is 0 Å². The average Bonchev–Trinajstić information content (AvgIpc) is 3.73. The number of nitrogens with one attached hydrogen (secondary N) is 2. The molecule has 0 saturated carbocycles. The molecule has 3 heterocycles. The van der Waals surface area contributed by atoms with Gasteiger partial charge in [0, 0.05) is 39.1 Å². The predicted octanol–water partition coefficient (Wildman–Crippen LogP) is 1.76. The lowest BCUT2D eigenvalue weighted by Gasteiger charge is -2.41. The number of carbonyl (C=O) groups excluding carboxylic acids is 4. The summed E-state index contributed by atoms with van der Waals surface area (Å²) in [4.78, 5) is 64.4. The molecule has 0 aliphatic carbocycles. The number of likely N-dealkylation sites (tertiary alicyclic amines) is 1. The van der Waals surface area contributed by atoms with Crippen LogP contribution >= 0.6 is 0 Å². The number of hydrogen-bond donors (Lipinski definition) is 3. The first kappa shape index (κ1) is 29.1. The molecule has 42 heavy (non-hydrogen) atoms. The van der Waals surface area contributed by atoms with Crippen LogP contribution in [0.4, 0.5) is 4.79 Å². The number of amides is 4. The molecule has 12 heteroatoms. The third-order valence-corrected chi connectivity index (χ3v) is 7.83. The van der Waals surface area contributed by atoms with Crippen LogP contribution in [-0.4, -0.2) is 93.3 Å². The van der Waals surface area contributed by atoms with Gasteiger partial charge in [-0.05, 0) is 42.5 Å². The number of imidazole rings is 1. The highest BCUT2D eigenvalue weighted by molar-refractivity contribution is 5.91. The fraction of sp³-hybridized carbons (Fsp3) is 0.433. The summed E-state index contributed by atoms with van der Waals surface area (Å²) in [5.74, 6) is -0.837. The highest BCUT2D eigenvalue weighted by Crippen LogP contribution is 2.17. The van der Waals surface area contributed by atoms with Gasteiger partial charge in [-0.1, -0.05) is 36.4 Å². The first-order valence-electron chi connectivity index (χ1n) is 14.4. The summed E-state index contributed by atoms with van der Waals surface area (Å²) in [6.45, 7) is 2.06. The Labute approximate surface area is 244 Å². The van der Waals surface area contributed by atoms with Crippen molar-refractivity contribution < 1.29 is 23.9 Å². The van der Waals surface area contributed by atoms with Gasteiger partial charge in [-0.25, -0.2) is 9.78 Å². The second-order valence-electron chi connectivity index (χ2n) is 10.7. The Morgan fingerprint density at radius 3 is 2.57 bits per heavy atom. The zero-order valence-electron chi connectivity index (χ0n) is 23.5. The van der Waals surface area contributed by atoms with Crippen LogP contribution in [0.15, 0.2) is 54.9 Å². The zero-order chi connectivity index (χ0) is 29.5. The Morgan fingerprint density at radius 2 is 1.79 bits per heavy atom. The van der Waals surface area contributed by atoms with Crippen molar-refractivity contribution in [2.45, 2.75) is 50.9 Å². The van der Waals surface area contributed by atoms with Crippen molar-refractivity contribution in [1.29, 1.82) is 0 Å². The summed E-state index contributed by atoms with van der Waals surface area (Å²) in [5.41, 5.74) is 9.61. The number of H-pyrrole nitrogens is 1. The van der Waals surface area contributed by atoms with Gasteiger partial charge in [0.2, 0.25) is 17.7 Å². The Hall–Kier alpha value is -4.45. The highest BCUT2D eigenvalue weighted by Gasteiger charge is 2.39. The Kier molecular flexibility index (Phi) is 9.32. The van der Waals surface area contributed by atoms with Crippen LogP contribution < -0.4 is 11.1 Å². The van der Waals surface area contributed by atoms with E-state index in [4.69, 9.17) is 10.5 Å². The maximum Gasteiger partial charge on any atom is 0.410 e. The van der Waals surface area contributed by atoms with E-state index in [1.807, 2.05) is 48.5 Å². The third-order valence-electron chi connectivity index (χ3n) is 7.83. The molecule has 2 atom stereocenters. The van der Waals surface area contributed by atoms with E-state index in [-0.39, 0.29) is 51.5 Å². The van der Waals surface area contributed by atoms with Crippen molar-refractivity contribution in [3.63, 3.8) is 0 Å². The van der Waals surface area contributed by atoms with Gasteiger partial charge < -0.3 is 35.5 Å². The third kappa shape index (κ3) is 7.06. The van der Waals surface area contributed by atoms with Crippen molar-refractivity contribution in [3.05, 3.63) is 66.0 Å². The fourth-order valence-electron chi connectivity index (χ4n) is 5.38. The van der Waals surface area contributed by atoms with E-state index < -0.39 is 30.0 Å². The second kappa shape index (κ2) is 13.5. The number of hydrogen-bond acceptors (Lipinski definition) is 7. The van der Waals surface area contributed by atoms with Gasteiger partial charge in [0.05, 0.1) is 29.9 Å². The van der Waals surface area contributed by atoms with Crippen molar-refractivity contribution in [3.8, 4) is 0 Å². The highest BCUT2D eigenvalue weighted by atomic mass is 16.6. The molecule has 2 aromatic carbocycles. The minimum absolute atomic E-state index is 0.00935. The molecule has 3 aromatic rings. The number of aromatic amines is 1. The quantitative estimate of drug-likeness (QED) is 0.351. The van der Waals surface area contributed by atoms with Crippen LogP contribution in [0.25, 0.3) is 11.0 Å². The molecule has 1 aromatic heterocycles. The first-order chi connectivity index (χ1) is 20.4. The predicted molar refractivity (Wildman–Crippen MR) is 155 cm³/mol. The number of benzene rings is 2. The molecule has 2 saturated heterocycles. The van der Waals surface area contributed by atoms with Crippen molar-refractivity contribution in [2.24, 2.45) is 5.73 Å². The van der Waals surface area contributed by atoms with Crippen molar-refractivity contribution in [1.82, 2.24) is 30.0 Å². The van der Waals surface area contributed by atoms with E-state index in [0.29, 0.717) is 0 Å². The molecule has 4 amide bonds. The molecule has 0 radical (unpaired) electrons.